The summed E-state index contributed by atoms with van der Waals surface area (Å²) in [5.41, 5.74) is 4.19. The lowest BCUT2D eigenvalue weighted by Gasteiger charge is -2.09. The minimum atomic E-state index is -0.147. The first-order chi connectivity index (χ1) is 13.7. The average molecular weight is 375 g/mol. The fourth-order valence-corrected chi connectivity index (χ4v) is 3.17. The Morgan fingerprint density at radius 3 is 2.64 bits per heavy atom. The molecule has 5 nitrogen and oxygen atoms in total. The number of rotatable bonds is 8. The third-order valence-electron chi connectivity index (χ3n) is 4.93. The Morgan fingerprint density at radius 1 is 1.14 bits per heavy atom. The second-order valence-electron chi connectivity index (χ2n) is 7.38. The summed E-state index contributed by atoms with van der Waals surface area (Å²) in [5.74, 6) is 1.18. The summed E-state index contributed by atoms with van der Waals surface area (Å²) in [6.07, 6.45) is 2.43. The molecule has 0 spiro atoms. The van der Waals surface area contributed by atoms with E-state index in [4.69, 9.17) is 9.84 Å². The van der Waals surface area contributed by atoms with Gasteiger partial charge < -0.3 is 10.1 Å². The largest absolute Gasteiger partial charge is 0.371 e. The summed E-state index contributed by atoms with van der Waals surface area (Å²) < 4.78 is 7.36. The standard InChI is InChI=1S/C23H25N3O2/c1-17-7-5-6-10-20(17)21-13-22(24-23(27)16-28-15-19-11-12-19)26(25-21)14-18-8-3-2-4-9-18/h2-10,13,19H,11-12,14-16H2,1H3,(H,24,27). The van der Waals surface area contributed by atoms with Crippen molar-refractivity contribution in [3.05, 3.63) is 71.8 Å². The number of carbonyl (C=O) groups excluding carboxylic acids is 1. The van der Waals surface area contributed by atoms with Gasteiger partial charge in [-0.1, -0.05) is 54.6 Å². The molecule has 0 aliphatic heterocycles. The Balaban J connectivity index is 1.55. The maximum Gasteiger partial charge on any atom is 0.251 e. The number of aromatic nitrogens is 2. The van der Waals surface area contributed by atoms with E-state index < -0.39 is 0 Å². The van der Waals surface area contributed by atoms with E-state index in [1.807, 2.05) is 41.1 Å². The first kappa shape index (κ1) is 18.4. The van der Waals surface area contributed by atoms with Crippen LogP contribution in [0.2, 0.25) is 0 Å². The van der Waals surface area contributed by atoms with Crippen LogP contribution in [0.4, 0.5) is 5.82 Å². The van der Waals surface area contributed by atoms with Crippen molar-refractivity contribution in [3.63, 3.8) is 0 Å². The normalized spacial score (nSPS) is 13.5. The van der Waals surface area contributed by atoms with Gasteiger partial charge in [0.15, 0.2) is 0 Å². The maximum absolute atomic E-state index is 12.4. The van der Waals surface area contributed by atoms with Crippen molar-refractivity contribution in [1.29, 1.82) is 0 Å². The van der Waals surface area contributed by atoms with Crippen molar-refractivity contribution in [2.45, 2.75) is 26.3 Å². The van der Waals surface area contributed by atoms with Crippen LogP contribution in [0.25, 0.3) is 11.3 Å². The van der Waals surface area contributed by atoms with E-state index in [0.29, 0.717) is 24.9 Å². The summed E-state index contributed by atoms with van der Waals surface area (Å²) in [7, 11) is 0. The number of nitrogens with one attached hydrogen (secondary N) is 1. The van der Waals surface area contributed by atoms with Crippen LogP contribution < -0.4 is 5.32 Å². The van der Waals surface area contributed by atoms with E-state index in [1.54, 1.807) is 0 Å². The highest BCUT2D eigenvalue weighted by atomic mass is 16.5. The van der Waals surface area contributed by atoms with Crippen LogP contribution in [0.15, 0.2) is 60.7 Å². The first-order valence-electron chi connectivity index (χ1n) is 9.74. The van der Waals surface area contributed by atoms with Crippen LogP contribution >= 0.6 is 0 Å². The van der Waals surface area contributed by atoms with Crippen LogP contribution in [0.5, 0.6) is 0 Å². The van der Waals surface area contributed by atoms with Crippen molar-refractivity contribution in [2.75, 3.05) is 18.5 Å². The van der Waals surface area contributed by atoms with Crippen molar-refractivity contribution in [3.8, 4) is 11.3 Å². The van der Waals surface area contributed by atoms with Crippen molar-refractivity contribution >= 4 is 11.7 Å². The second kappa shape index (κ2) is 8.40. The van der Waals surface area contributed by atoms with E-state index in [2.05, 4.69) is 36.5 Å². The quantitative estimate of drug-likeness (QED) is 0.640. The number of amides is 1. The van der Waals surface area contributed by atoms with E-state index in [-0.39, 0.29) is 12.5 Å². The van der Waals surface area contributed by atoms with Crippen LogP contribution in [-0.2, 0) is 16.1 Å². The molecule has 1 aliphatic rings. The second-order valence-corrected chi connectivity index (χ2v) is 7.38. The van der Waals surface area contributed by atoms with Gasteiger partial charge in [0, 0.05) is 11.6 Å². The molecular weight excluding hydrogens is 350 g/mol. The third-order valence-corrected chi connectivity index (χ3v) is 4.93. The smallest absolute Gasteiger partial charge is 0.251 e. The highest BCUT2D eigenvalue weighted by molar-refractivity contribution is 5.91. The van der Waals surface area contributed by atoms with Crippen LogP contribution in [0, 0.1) is 12.8 Å². The Bertz CT molecular complexity index is 945. The molecule has 1 amide bonds. The van der Waals surface area contributed by atoms with E-state index >= 15 is 0 Å². The zero-order valence-corrected chi connectivity index (χ0v) is 16.1. The number of hydrogen-bond acceptors (Lipinski definition) is 3. The van der Waals surface area contributed by atoms with Crippen LogP contribution in [0.1, 0.15) is 24.0 Å². The van der Waals surface area contributed by atoms with Gasteiger partial charge in [-0.2, -0.15) is 5.10 Å². The molecule has 144 valence electrons. The van der Waals surface area contributed by atoms with Gasteiger partial charge in [0.1, 0.15) is 12.4 Å². The van der Waals surface area contributed by atoms with Gasteiger partial charge in [0.05, 0.1) is 18.8 Å². The average Bonchev–Trinajstić information content (AvgIpc) is 3.44. The minimum absolute atomic E-state index is 0.0761. The molecule has 1 fully saturated rings. The van der Waals surface area contributed by atoms with Gasteiger partial charge in [-0.25, -0.2) is 4.68 Å². The Morgan fingerprint density at radius 2 is 1.89 bits per heavy atom. The number of carbonyl (C=O) groups is 1. The SMILES string of the molecule is Cc1ccccc1-c1cc(NC(=O)COCC2CC2)n(Cc2ccccc2)n1. The number of ether oxygens (including phenoxy) is 1. The van der Waals surface area contributed by atoms with E-state index in [9.17, 15) is 4.79 Å². The Kier molecular flexibility index (Phi) is 5.53. The first-order valence-corrected chi connectivity index (χ1v) is 9.74. The monoisotopic (exact) mass is 375 g/mol. The number of hydrogen-bond donors (Lipinski definition) is 1. The number of anilines is 1. The lowest BCUT2D eigenvalue weighted by Crippen LogP contribution is -2.21. The van der Waals surface area contributed by atoms with Crippen LogP contribution in [-0.4, -0.2) is 28.9 Å². The molecule has 1 heterocycles. The zero-order valence-electron chi connectivity index (χ0n) is 16.1. The fraction of sp³-hybridized carbons (Fsp3) is 0.304. The van der Waals surface area contributed by atoms with Crippen molar-refractivity contribution in [1.82, 2.24) is 9.78 Å². The molecule has 0 saturated heterocycles. The molecule has 1 N–H and O–H groups in total. The van der Waals surface area contributed by atoms with E-state index in [1.165, 1.54) is 12.8 Å². The summed E-state index contributed by atoms with van der Waals surface area (Å²) in [4.78, 5) is 12.4. The predicted octanol–water partition coefficient (Wildman–Crippen LogP) is 4.27. The molecule has 0 radical (unpaired) electrons. The lowest BCUT2D eigenvalue weighted by atomic mass is 10.1. The molecule has 1 aliphatic carbocycles. The molecule has 3 aromatic rings. The van der Waals surface area contributed by atoms with Gasteiger partial charge in [-0.15, -0.1) is 0 Å². The molecule has 1 aromatic heterocycles. The van der Waals surface area contributed by atoms with E-state index in [0.717, 1.165) is 22.4 Å². The minimum Gasteiger partial charge on any atom is -0.371 e. The van der Waals surface area contributed by atoms with Gasteiger partial charge in [0.2, 0.25) is 0 Å². The molecule has 4 rings (SSSR count). The van der Waals surface area contributed by atoms with Gasteiger partial charge in [0.25, 0.3) is 5.91 Å². The summed E-state index contributed by atoms with van der Waals surface area (Å²) in [6, 6.07) is 20.2. The maximum atomic E-state index is 12.4. The molecule has 28 heavy (non-hydrogen) atoms. The number of nitrogens with zero attached hydrogens (tertiary/aromatic N) is 2. The predicted molar refractivity (Wildman–Crippen MR) is 110 cm³/mol. The Labute approximate surface area is 165 Å². The lowest BCUT2D eigenvalue weighted by molar-refractivity contribution is -0.120. The molecule has 0 atom stereocenters. The molecule has 1 saturated carbocycles. The summed E-state index contributed by atoms with van der Waals surface area (Å²) >= 11 is 0. The third kappa shape index (κ3) is 4.67. The van der Waals surface area contributed by atoms with Gasteiger partial charge in [-0.3, -0.25) is 4.79 Å². The molecule has 2 aromatic carbocycles. The molecule has 0 bridgehead atoms. The zero-order chi connectivity index (χ0) is 19.3. The fourth-order valence-electron chi connectivity index (χ4n) is 3.17. The molecule has 5 heteroatoms. The number of aryl methyl sites for hydroxylation is 1. The summed E-state index contributed by atoms with van der Waals surface area (Å²) in [6.45, 7) is 3.40. The topological polar surface area (TPSA) is 56.1 Å². The van der Waals surface area contributed by atoms with Gasteiger partial charge in [-0.05, 0) is 36.8 Å². The van der Waals surface area contributed by atoms with Crippen molar-refractivity contribution in [2.24, 2.45) is 5.92 Å². The van der Waals surface area contributed by atoms with Gasteiger partial charge >= 0.3 is 0 Å². The summed E-state index contributed by atoms with van der Waals surface area (Å²) in [5, 5.41) is 7.74. The van der Waals surface area contributed by atoms with Crippen molar-refractivity contribution < 1.29 is 9.53 Å². The molecular formula is C23H25N3O2. The Hall–Kier alpha value is -2.92. The van der Waals surface area contributed by atoms with Crippen LogP contribution in [0.3, 0.4) is 0 Å². The highest BCUT2D eigenvalue weighted by Gasteiger charge is 2.22. The number of benzene rings is 2. The highest BCUT2D eigenvalue weighted by Crippen LogP contribution is 2.29. The molecule has 0 unspecified atom stereocenters.